The molecule has 1 heterocycles. The quantitative estimate of drug-likeness (QED) is 0.697. The zero-order valence-electron chi connectivity index (χ0n) is 14.8. The summed E-state index contributed by atoms with van der Waals surface area (Å²) in [4.78, 5) is 0.720. The smallest absolute Gasteiger partial charge is 0.110 e. The van der Waals surface area contributed by atoms with E-state index in [0.717, 1.165) is 28.9 Å². The molecule has 132 valence electrons. The number of rotatable bonds is 7. The van der Waals surface area contributed by atoms with Crippen LogP contribution in [-0.4, -0.2) is 17.6 Å². The van der Waals surface area contributed by atoms with Crippen LogP contribution in [0.15, 0.2) is 60.8 Å². The lowest BCUT2D eigenvalue weighted by molar-refractivity contribution is 0.475. The van der Waals surface area contributed by atoms with Gasteiger partial charge in [0.15, 0.2) is 0 Å². The van der Waals surface area contributed by atoms with Crippen LogP contribution in [0.1, 0.15) is 43.2 Å². The van der Waals surface area contributed by atoms with Gasteiger partial charge >= 0.3 is 0 Å². The maximum Gasteiger partial charge on any atom is 0.110 e. The van der Waals surface area contributed by atoms with Crippen molar-refractivity contribution >= 4 is 17.2 Å². The molecule has 1 aromatic carbocycles. The zero-order valence-corrected chi connectivity index (χ0v) is 15.7. The van der Waals surface area contributed by atoms with Crippen LogP contribution >= 0.6 is 12.2 Å². The van der Waals surface area contributed by atoms with Crippen molar-refractivity contribution in [2.24, 2.45) is 5.92 Å². The van der Waals surface area contributed by atoms with Gasteiger partial charge in [-0.05, 0) is 68.3 Å². The topological polar surface area (TPSA) is 24.1 Å². The number of hydrogen-bond donors (Lipinski definition) is 2. The molecule has 3 heteroatoms. The molecule has 2 unspecified atom stereocenters. The second-order valence-electron chi connectivity index (χ2n) is 7.06. The second kappa shape index (κ2) is 9.12. The van der Waals surface area contributed by atoms with E-state index in [9.17, 15) is 0 Å². The summed E-state index contributed by atoms with van der Waals surface area (Å²) in [6, 6.07) is 9.26. The van der Waals surface area contributed by atoms with Crippen molar-refractivity contribution in [3.05, 3.63) is 72.0 Å². The Labute approximate surface area is 157 Å². The number of thiocarbonyl (C=S) groups is 1. The Morgan fingerprint density at radius 3 is 2.76 bits per heavy atom. The summed E-state index contributed by atoms with van der Waals surface area (Å²) < 4.78 is 0. The number of hydrogen-bond acceptors (Lipinski definition) is 2. The first-order valence-electron chi connectivity index (χ1n) is 9.36. The summed E-state index contributed by atoms with van der Waals surface area (Å²) in [5, 5.41) is 6.57. The van der Waals surface area contributed by atoms with E-state index in [1.165, 1.54) is 49.8 Å². The van der Waals surface area contributed by atoms with Gasteiger partial charge < -0.3 is 10.6 Å². The SMILES string of the molecule is C=CNC(=S)c1ccc(CC2=CCC(CCC3CCCN3)C=C2)cc1. The molecule has 0 radical (unpaired) electrons. The van der Waals surface area contributed by atoms with Crippen molar-refractivity contribution in [1.29, 1.82) is 0 Å². The summed E-state index contributed by atoms with van der Waals surface area (Å²) in [6.45, 7) is 4.86. The zero-order chi connectivity index (χ0) is 17.5. The average molecular weight is 353 g/mol. The van der Waals surface area contributed by atoms with Gasteiger partial charge in [-0.3, -0.25) is 0 Å². The van der Waals surface area contributed by atoms with E-state index in [1.54, 1.807) is 6.20 Å². The fourth-order valence-electron chi connectivity index (χ4n) is 3.66. The Bertz CT molecular complexity index is 651. The third kappa shape index (κ3) is 5.38. The van der Waals surface area contributed by atoms with E-state index >= 15 is 0 Å². The monoisotopic (exact) mass is 352 g/mol. The van der Waals surface area contributed by atoms with Crippen LogP contribution < -0.4 is 10.6 Å². The first-order chi connectivity index (χ1) is 12.2. The van der Waals surface area contributed by atoms with Gasteiger partial charge in [0.2, 0.25) is 0 Å². The molecule has 1 aliphatic carbocycles. The fourth-order valence-corrected chi connectivity index (χ4v) is 3.88. The van der Waals surface area contributed by atoms with Crippen LogP contribution in [0.2, 0.25) is 0 Å². The Morgan fingerprint density at radius 1 is 1.28 bits per heavy atom. The average Bonchev–Trinajstić information content (AvgIpc) is 3.15. The molecule has 0 amide bonds. The molecule has 2 nitrogen and oxygen atoms in total. The molecule has 2 atom stereocenters. The van der Waals surface area contributed by atoms with Gasteiger partial charge in [-0.2, -0.15) is 0 Å². The van der Waals surface area contributed by atoms with E-state index < -0.39 is 0 Å². The lowest BCUT2D eigenvalue weighted by atomic mass is 9.89. The van der Waals surface area contributed by atoms with Gasteiger partial charge in [0, 0.05) is 11.6 Å². The van der Waals surface area contributed by atoms with Gasteiger partial charge in [0.25, 0.3) is 0 Å². The van der Waals surface area contributed by atoms with E-state index in [2.05, 4.69) is 59.7 Å². The molecule has 1 aromatic rings. The van der Waals surface area contributed by atoms with Crippen LogP contribution in [0.5, 0.6) is 0 Å². The van der Waals surface area contributed by atoms with Gasteiger partial charge in [0.05, 0.1) is 0 Å². The number of allylic oxidation sites excluding steroid dienone is 4. The molecule has 0 spiro atoms. The fraction of sp³-hybridized carbons (Fsp3) is 0.409. The lowest BCUT2D eigenvalue weighted by Crippen LogP contribution is -2.21. The molecule has 1 fully saturated rings. The van der Waals surface area contributed by atoms with Gasteiger partial charge in [-0.1, -0.05) is 61.3 Å². The summed E-state index contributed by atoms with van der Waals surface area (Å²) in [7, 11) is 0. The largest absolute Gasteiger partial charge is 0.353 e. The number of benzene rings is 1. The van der Waals surface area contributed by atoms with Crippen LogP contribution in [0, 0.1) is 5.92 Å². The summed E-state index contributed by atoms with van der Waals surface area (Å²) in [5.41, 5.74) is 3.79. The van der Waals surface area contributed by atoms with Crippen molar-refractivity contribution in [2.45, 2.75) is 44.6 Å². The Morgan fingerprint density at radius 2 is 2.12 bits per heavy atom. The van der Waals surface area contributed by atoms with Crippen molar-refractivity contribution in [3.8, 4) is 0 Å². The first-order valence-corrected chi connectivity index (χ1v) is 9.77. The van der Waals surface area contributed by atoms with E-state index in [1.807, 2.05) is 0 Å². The molecule has 1 aliphatic heterocycles. The maximum atomic E-state index is 5.29. The van der Waals surface area contributed by atoms with E-state index in [4.69, 9.17) is 12.2 Å². The molecule has 0 saturated carbocycles. The molecule has 25 heavy (non-hydrogen) atoms. The summed E-state index contributed by atoms with van der Waals surface area (Å²) in [5.74, 6) is 0.718. The highest BCUT2D eigenvalue weighted by Crippen LogP contribution is 2.25. The van der Waals surface area contributed by atoms with E-state index in [-0.39, 0.29) is 0 Å². The van der Waals surface area contributed by atoms with Crippen LogP contribution in [0.3, 0.4) is 0 Å². The highest BCUT2D eigenvalue weighted by atomic mass is 32.1. The minimum Gasteiger partial charge on any atom is -0.353 e. The van der Waals surface area contributed by atoms with Gasteiger partial charge in [0.1, 0.15) is 4.99 Å². The normalized spacial score (nSPS) is 22.5. The Kier molecular flexibility index (Phi) is 6.60. The van der Waals surface area contributed by atoms with Gasteiger partial charge in [-0.25, -0.2) is 0 Å². The standard InChI is InChI=1S/C22H28N2S/c1-2-23-22(25)20-12-9-19(10-13-20)16-18-7-5-17(6-8-18)11-14-21-4-3-15-24-21/h2,5,7-10,12-13,17,21,24H,1,3-4,6,11,14-16H2,(H,23,25). The molecule has 0 bridgehead atoms. The highest BCUT2D eigenvalue weighted by Gasteiger charge is 2.16. The third-order valence-corrected chi connectivity index (χ3v) is 5.52. The summed E-state index contributed by atoms with van der Waals surface area (Å²) in [6.07, 6.45) is 16.3. The molecular formula is C22H28N2S. The van der Waals surface area contributed by atoms with Crippen molar-refractivity contribution in [3.63, 3.8) is 0 Å². The molecule has 3 rings (SSSR count). The summed E-state index contributed by atoms with van der Waals surface area (Å²) >= 11 is 5.29. The van der Waals surface area contributed by atoms with Crippen molar-refractivity contribution in [2.75, 3.05) is 6.54 Å². The molecular weight excluding hydrogens is 324 g/mol. The van der Waals surface area contributed by atoms with Crippen LogP contribution in [0.4, 0.5) is 0 Å². The molecule has 0 aromatic heterocycles. The molecule has 2 N–H and O–H groups in total. The predicted octanol–water partition coefficient (Wildman–Crippen LogP) is 4.67. The highest BCUT2D eigenvalue weighted by molar-refractivity contribution is 7.80. The van der Waals surface area contributed by atoms with E-state index in [0.29, 0.717) is 0 Å². The Balaban J connectivity index is 1.46. The predicted molar refractivity (Wildman–Crippen MR) is 111 cm³/mol. The third-order valence-electron chi connectivity index (χ3n) is 5.17. The first kappa shape index (κ1) is 18.1. The van der Waals surface area contributed by atoms with Crippen LogP contribution in [-0.2, 0) is 6.42 Å². The van der Waals surface area contributed by atoms with Crippen molar-refractivity contribution in [1.82, 2.24) is 10.6 Å². The molecule has 2 aliphatic rings. The minimum absolute atomic E-state index is 0.718. The van der Waals surface area contributed by atoms with Gasteiger partial charge in [-0.15, -0.1) is 0 Å². The molecule has 1 saturated heterocycles. The number of nitrogens with one attached hydrogen (secondary N) is 2. The Hall–Kier alpha value is -1.71. The second-order valence-corrected chi connectivity index (χ2v) is 7.46. The lowest BCUT2D eigenvalue weighted by Gasteiger charge is -2.18. The minimum atomic E-state index is 0.718. The van der Waals surface area contributed by atoms with Crippen LogP contribution in [0.25, 0.3) is 0 Å². The maximum absolute atomic E-state index is 5.29. The van der Waals surface area contributed by atoms with Crippen molar-refractivity contribution < 1.29 is 0 Å².